The summed E-state index contributed by atoms with van der Waals surface area (Å²) in [4.78, 5) is 0. The van der Waals surface area contributed by atoms with Crippen LogP contribution in [0.25, 0.3) is 5.53 Å². The Bertz CT molecular complexity index is 137. The molecule has 0 radical (unpaired) electrons. The molecule has 8 heavy (non-hydrogen) atoms. The van der Waals surface area contributed by atoms with Crippen molar-refractivity contribution >= 4 is 0 Å². The van der Waals surface area contributed by atoms with Crippen molar-refractivity contribution in [3.63, 3.8) is 0 Å². The molecule has 1 heterocycles. The minimum Gasteiger partial charge on any atom is -0.258 e. The standard InChI is InChI=1S/C5H7N3/c6-7-8-4-2-1-3-5-8/h1-4,7H,5H2. The zero-order valence-corrected chi connectivity index (χ0v) is 4.41. The predicted octanol–water partition coefficient (Wildman–Crippen LogP) is -0.611. The topological polar surface area (TPSA) is 39.5 Å². The van der Waals surface area contributed by atoms with Gasteiger partial charge in [0.1, 0.15) is 0 Å². The van der Waals surface area contributed by atoms with Crippen LogP contribution >= 0.6 is 0 Å². The Hall–Kier alpha value is -1.12. The molecular formula is C5H7N3. The van der Waals surface area contributed by atoms with E-state index in [0.29, 0.717) is 6.54 Å². The van der Waals surface area contributed by atoms with Crippen LogP contribution in [-0.2, 0) is 0 Å². The third-order valence-electron chi connectivity index (χ3n) is 0.944. The average molecular weight is 109 g/mol. The van der Waals surface area contributed by atoms with Gasteiger partial charge in [0.15, 0.2) is 0 Å². The summed E-state index contributed by atoms with van der Waals surface area (Å²) >= 11 is 0. The second kappa shape index (κ2) is 2.26. The number of hydrazine groups is 1. The Labute approximate surface area is 47.8 Å². The van der Waals surface area contributed by atoms with Crippen LogP contribution in [-0.4, -0.2) is 11.6 Å². The van der Waals surface area contributed by atoms with Crippen LogP contribution in [0.3, 0.4) is 0 Å². The second-order valence-corrected chi connectivity index (χ2v) is 1.52. The lowest BCUT2D eigenvalue weighted by Gasteiger charge is -2.12. The number of nitrogens with zero attached hydrogens (tertiary/aromatic N) is 2. The molecule has 0 saturated carbocycles. The van der Waals surface area contributed by atoms with Gasteiger partial charge in [-0.25, -0.2) is 0 Å². The molecule has 0 fully saturated rings. The van der Waals surface area contributed by atoms with Gasteiger partial charge >= 0.3 is 0 Å². The van der Waals surface area contributed by atoms with E-state index in [1.54, 1.807) is 11.2 Å². The van der Waals surface area contributed by atoms with Crippen molar-refractivity contribution in [3.05, 3.63) is 30.0 Å². The van der Waals surface area contributed by atoms with Crippen molar-refractivity contribution in [3.8, 4) is 0 Å². The minimum absolute atomic E-state index is 0.715. The SMILES string of the molecule is [N-]=[NH+]N1C=CC=CC1. The highest BCUT2D eigenvalue weighted by molar-refractivity contribution is 5.06. The van der Waals surface area contributed by atoms with E-state index >= 15 is 0 Å². The monoisotopic (exact) mass is 109 g/mol. The number of nitrogens with one attached hydrogen (secondary N) is 1. The molecule has 0 bridgehead atoms. The van der Waals surface area contributed by atoms with Crippen molar-refractivity contribution in [1.82, 2.24) is 5.01 Å². The molecule has 0 aromatic heterocycles. The number of allylic oxidation sites excluding steroid dienone is 2. The Kier molecular flexibility index (Phi) is 1.42. The lowest BCUT2D eigenvalue weighted by molar-refractivity contribution is -0.646. The van der Waals surface area contributed by atoms with Crippen molar-refractivity contribution < 1.29 is 5.22 Å². The third-order valence-corrected chi connectivity index (χ3v) is 0.944. The molecule has 1 aliphatic heterocycles. The predicted molar refractivity (Wildman–Crippen MR) is 29.3 cm³/mol. The highest BCUT2D eigenvalue weighted by Crippen LogP contribution is 1.87. The largest absolute Gasteiger partial charge is 0.258 e. The van der Waals surface area contributed by atoms with Crippen molar-refractivity contribution in [2.45, 2.75) is 0 Å². The van der Waals surface area contributed by atoms with E-state index in [2.05, 4.69) is 0 Å². The number of rotatable bonds is 1. The second-order valence-electron chi connectivity index (χ2n) is 1.52. The average Bonchev–Trinajstić information content (AvgIpc) is 1.90. The molecule has 3 nitrogen and oxygen atoms in total. The lowest BCUT2D eigenvalue weighted by atomic mass is 10.4. The lowest BCUT2D eigenvalue weighted by Crippen LogP contribution is -2.74. The summed E-state index contributed by atoms with van der Waals surface area (Å²) in [5, 5.41) is 3.55. The fraction of sp³-hybridized carbons (Fsp3) is 0.200. The molecule has 0 spiro atoms. The smallest absolute Gasteiger partial charge is 0.0251 e. The van der Waals surface area contributed by atoms with Gasteiger partial charge in [0.05, 0.1) is 0 Å². The van der Waals surface area contributed by atoms with Gasteiger partial charge in [0, 0.05) is 6.54 Å². The Morgan fingerprint density at radius 2 is 2.38 bits per heavy atom. The van der Waals surface area contributed by atoms with Crippen molar-refractivity contribution in [2.75, 3.05) is 6.54 Å². The van der Waals surface area contributed by atoms with Crippen LogP contribution in [0.4, 0.5) is 0 Å². The zero-order chi connectivity index (χ0) is 5.82. The molecule has 0 aromatic rings. The summed E-state index contributed by atoms with van der Waals surface area (Å²) in [5.41, 5.74) is 8.28. The first-order chi connectivity index (χ1) is 3.93. The summed E-state index contributed by atoms with van der Waals surface area (Å²) in [7, 11) is 0. The molecule has 3 heteroatoms. The third kappa shape index (κ3) is 0.932. The van der Waals surface area contributed by atoms with Crippen LogP contribution in [0.1, 0.15) is 0 Å². The first-order valence-electron chi connectivity index (χ1n) is 2.43. The van der Waals surface area contributed by atoms with Crippen molar-refractivity contribution in [1.29, 1.82) is 0 Å². The Balaban J connectivity index is 2.51. The molecule has 0 unspecified atom stereocenters. The van der Waals surface area contributed by atoms with Gasteiger partial charge in [-0.05, 0) is 6.20 Å². The van der Waals surface area contributed by atoms with Gasteiger partial charge in [0.2, 0.25) is 0 Å². The molecule has 1 rings (SSSR count). The van der Waals surface area contributed by atoms with Gasteiger partial charge in [-0.3, -0.25) is 5.01 Å². The molecule has 1 N–H and O–H groups in total. The Morgan fingerprint density at radius 1 is 1.50 bits per heavy atom. The van der Waals surface area contributed by atoms with E-state index in [0.717, 1.165) is 0 Å². The highest BCUT2D eigenvalue weighted by atomic mass is 15.5. The molecule has 0 amide bonds. The molecule has 0 atom stereocenters. The minimum atomic E-state index is 0.715. The summed E-state index contributed by atoms with van der Waals surface area (Å²) in [5.74, 6) is 0. The first-order valence-corrected chi connectivity index (χ1v) is 2.43. The maximum absolute atomic E-state index is 8.28. The van der Waals surface area contributed by atoms with E-state index in [1.807, 2.05) is 23.5 Å². The molecule has 42 valence electrons. The van der Waals surface area contributed by atoms with Crippen LogP contribution in [0, 0.1) is 0 Å². The molecule has 0 aromatic carbocycles. The maximum atomic E-state index is 8.28. The zero-order valence-electron chi connectivity index (χ0n) is 4.41. The number of hydrogen-bond donors (Lipinski definition) is 1. The van der Waals surface area contributed by atoms with E-state index < -0.39 is 0 Å². The van der Waals surface area contributed by atoms with Gasteiger partial charge in [-0.15, -0.1) is 0 Å². The van der Waals surface area contributed by atoms with E-state index in [4.69, 9.17) is 5.53 Å². The first kappa shape index (κ1) is 5.03. The van der Waals surface area contributed by atoms with E-state index in [-0.39, 0.29) is 0 Å². The van der Waals surface area contributed by atoms with Gasteiger partial charge < -0.3 is 0 Å². The van der Waals surface area contributed by atoms with Crippen LogP contribution in [0.15, 0.2) is 24.4 Å². The highest BCUT2D eigenvalue weighted by Gasteiger charge is 1.89. The summed E-state index contributed by atoms with van der Waals surface area (Å²) in [6.45, 7) is 0.715. The van der Waals surface area contributed by atoms with Gasteiger partial charge in [-0.1, -0.05) is 18.2 Å². The van der Waals surface area contributed by atoms with Gasteiger partial charge in [-0.2, -0.15) is 10.8 Å². The molecular weight excluding hydrogens is 102 g/mol. The molecule has 1 aliphatic rings. The molecule has 0 saturated heterocycles. The van der Waals surface area contributed by atoms with Crippen LogP contribution in [0.2, 0.25) is 0 Å². The summed E-state index contributed by atoms with van der Waals surface area (Å²) < 4.78 is 0. The fourth-order valence-corrected chi connectivity index (χ4v) is 0.542. The summed E-state index contributed by atoms with van der Waals surface area (Å²) in [6, 6.07) is 0. The Morgan fingerprint density at radius 3 is 2.75 bits per heavy atom. The maximum Gasteiger partial charge on any atom is 0.0251 e. The fourth-order valence-electron chi connectivity index (χ4n) is 0.542. The normalized spacial score (nSPS) is 16.8. The van der Waals surface area contributed by atoms with E-state index in [1.165, 1.54) is 0 Å². The quantitative estimate of drug-likeness (QED) is 0.448. The van der Waals surface area contributed by atoms with Crippen molar-refractivity contribution in [2.24, 2.45) is 0 Å². The van der Waals surface area contributed by atoms with Crippen LogP contribution < -0.4 is 5.22 Å². The number of hydrogen-bond acceptors (Lipinski definition) is 0. The van der Waals surface area contributed by atoms with Gasteiger partial charge in [0.25, 0.3) is 0 Å². The van der Waals surface area contributed by atoms with Crippen LogP contribution in [0.5, 0.6) is 0 Å². The van der Waals surface area contributed by atoms with E-state index in [9.17, 15) is 0 Å². The summed E-state index contributed by atoms with van der Waals surface area (Å²) in [6.07, 6.45) is 7.45. The molecule has 0 aliphatic carbocycles.